The van der Waals surface area contributed by atoms with Crippen molar-refractivity contribution >= 4 is 40.2 Å². The number of halogens is 1. The van der Waals surface area contributed by atoms with E-state index in [0.717, 1.165) is 42.9 Å². The van der Waals surface area contributed by atoms with Gasteiger partial charge in [0.2, 0.25) is 11.9 Å². The molecule has 1 aliphatic heterocycles. The van der Waals surface area contributed by atoms with Gasteiger partial charge >= 0.3 is 0 Å². The van der Waals surface area contributed by atoms with Crippen molar-refractivity contribution in [3.63, 3.8) is 0 Å². The fraction of sp³-hybridized carbons (Fsp3) is 0.300. The van der Waals surface area contributed by atoms with Gasteiger partial charge in [0.1, 0.15) is 5.88 Å². The molecule has 7 heteroatoms. The number of imidazole rings is 1. The van der Waals surface area contributed by atoms with Gasteiger partial charge in [0.25, 0.3) is 0 Å². The van der Waals surface area contributed by atoms with E-state index in [0.29, 0.717) is 12.5 Å². The topological polar surface area (TPSA) is 59.4 Å². The number of hydrogen-bond acceptors (Lipinski definition) is 4. The molecule has 27 heavy (non-hydrogen) atoms. The smallest absolute Gasteiger partial charge is 0.241 e. The SMILES string of the molecule is O=C(CCl)Nc1nc2ccccc2n1Cc1ccc(N2CCOCC2)cc1. The minimum absolute atomic E-state index is 0.0998. The summed E-state index contributed by atoms with van der Waals surface area (Å²) in [5, 5.41) is 2.79. The first-order valence-corrected chi connectivity index (χ1v) is 9.51. The minimum Gasteiger partial charge on any atom is -0.378 e. The van der Waals surface area contributed by atoms with Crippen molar-refractivity contribution in [2.24, 2.45) is 0 Å². The van der Waals surface area contributed by atoms with Crippen LogP contribution >= 0.6 is 11.6 Å². The zero-order valence-electron chi connectivity index (χ0n) is 14.9. The fourth-order valence-electron chi connectivity index (χ4n) is 3.31. The number of nitrogens with zero attached hydrogens (tertiary/aromatic N) is 3. The van der Waals surface area contributed by atoms with Crippen LogP contribution in [0, 0.1) is 0 Å². The summed E-state index contributed by atoms with van der Waals surface area (Å²) < 4.78 is 7.42. The summed E-state index contributed by atoms with van der Waals surface area (Å²) in [5.41, 5.74) is 4.15. The van der Waals surface area contributed by atoms with Gasteiger partial charge in [0.15, 0.2) is 0 Å². The van der Waals surface area contributed by atoms with Crippen LogP contribution in [0.15, 0.2) is 48.5 Å². The molecule has 0 atom stereocenters. The molecular weight excluding hydrogens is 364 g/mol. The van der Waals surface area contributed by atoms with E-state index in [2.05, 4.69) is 39.5 Å². The molecule has 1 saturated heterocycles. The summed E-state index contributed by atoms with van der Waals surface area (Å²) in [6, 6.07) is 16.3. The Morgan fingerprint density at radius 3 is 2.59 bits per heavy atom. The van der Waals surface area contributed by atoms with Crippen LogP contribution in [0.2, 0.25) is 0 Å². The Labute approximate surface area is 162 Å². The number of para-hydroxylation sites is 2. The van der Waals surface area contributed by atoms with Crippen LogP contribution < -0.4 is 10.2 Å². The molecule has 1 aliphatic rings. The van der Waals surface area contributed by atoms with Crippen molar-refractivity contribution in [2.45, 2.75) is 6.54 Å². The molecule has 1 amide bonds. The van der Waals surface area contributed by atoms with Crippen LogP contribution in [0.3, 0.4) is 0 Å². The standard InChI is InChI=1S/C20H21ClN4O2/c21-13-19(26)23-20-22-17-3-1-2-4-18(17)25(20)14-15-5-7-16(8-6-15)24-9-11-27-12-10-24/h1-8H,9-14H2,(H,22,23,26). The first-order chi connectivity index (χ1) is 13.2. The molecule has 6 nitrogen and oxygen atoms in total. The first-order valence-electron chi connectivity index (χ1n) is 8.97. The van der Waals surface area contributed by atoms with Crippen molar-refractivity contribution in [1.82, 2.24) is 9.55 Å². The van der Waals surface area contributed by atoms with Gasteiger partial charge in [-0.05, 0) is 29.8 Å². The highest BCUT2D eigenvalue weighted by atomic mass is 35.5. The molecule has 0 aliphatic carbocycles. The van der Waals surface area contributed by atoms with Gasteiger partial charge in [-0.2, -0.15) is 0 Å². The number of carbonyl (C=O) groups excluding carboxylic acids is 1. The fourth-order valence-corrected chi connectivity index (χ4v) is 3.37. The Morgan fingerprint density at radius 2 is 1.85 bits per heavy atom. The van der Waals surface area contributed by atoms with E-state index >= 15 is 0 Å². The Balaban J connectivity index is 1.60. The molecular formula is C20H21ClN4O2. The summed E-state index contributed by atoms with van der Waals surface area (Å²) in [4.78, 5) is 18.6. The number of nitrogens with one attached hydrogen (secondary N) is 1. The molecule has 0 spiro atoms. The lowest BCUT2D eigenvalue weighted by Gasteiger charge is -2.29. The number of ether oxygens (including phenoxy) is 1. The van der Waals surface area contributed by atoms with E-state index in [1.807, 2.05) is 28.8 Å². The van der Waals surface area contributed by atoms with Crippen LogP contribution in [-0.2, 0) is 16.1 Å². The lowest BCUT2D eigenvalue weighted by atomic mass is 10.2. The largest absolute Gasteiger partial charge is 0.378 e. The van der Waals surface area contributed by atoms with Crippen molar-refractivity contribution in [3.8, 4) is 0 Å². The maximum absolute atomic E-state index is 11.8. The summed E-state index contributed by atoms with van der Waals surface area (Å²) in [5.74, 6) is 0.146. The van der Waals surface area contributed by atoms with Crippen molar-refractivity contribution < 1.29 is 9.53 Å². The maximum Gasteiger partial charge on any atom is 0.241 e. The molecule has 0 bridgehead atoms. The minimum atomic E-state index is -0.268. The van der Waals surface area contributed by atoms with Gasteiger partial charge < -0.3 is 14.2 Å². The lowest BCUT2D eigenvalue weighted by Crippen LogP contribution is -2.36. The Hall–Kier alpha value is -2.57. The van der Waals surface area contributed by atoms with Crippen molar-refractivity contribution in [2.75, 3.05) is 42.4 Å². The van der Waals surface area contributed by atoms with Gasteiger partial charge in [0, 0.05) is 18.8 Å². The number of fused-ring (bicyclic) bond motifs is 1. The number of carbonyl (C=O) groups is 1. The van der Waals surface area contributed by atoms with Crippen LogP contribution in [0.1, 0.15) is 5.56 Å². The number of hydrogen-bond donors (Lipinski definition) is 1. The number of morpholine rings is 1. The normalized spacial score (nSPS) is 14.5. The molecule has 2 heterocycles. The Bertz CT molecular complexity index is 933. The number of aromatic nitrogens is 2. The predicted molar refractivity (Wildman–Crippen MR) is 108 cm³/mol. The van der Waals surface area contributed by atoms with Gasteiger partial charge in [-0.3, -0.25) is 10.1 Å². The number of alkyl halides is 1. The number of rotatable bonds is 5. The van der Waals surface area contributed by atoms with E-state index < -0.39 is 0 Å². The summed E-state index contributed by atoms with van der Waals surface area (Å²) in [7, 11) is 0. The first kappa shape index (κ1) is 17.8. The van der Waals surface area contributed by atoms with E-state index in [9.17, 15) is 4.79 Å². The van der Waals surface area contributed by atoms with E-state index in [1.54, 1.807) is 0 Å². The Morgan fingerprint density at radius 1 is 1.11 bits per heavy atom. The maximum atomic E-state index is 11.8. The highest BCUT2D eigenvalue weighted by molar-refractivity contribution is 6.29. The van der Waals surface area contributed by atoms with Gasteiger partial charge in [-0.1, -0.05) is 24.3 Å². The molecule has 140 valence electrons. The molecule has 2 aromatic carbocycles. The predicted octanol–water partition coefficient (Wildman–Crippen LogP) is 3.10. The van der Waals surface area contributed by atoms with Crippen molar-refractivity contribution in [3.05, 3.63) is 54.1 Å². The second-order valence-corrected chi connectivity index (χ2v) is 6.73. The Kier molecular flexibility index (Phi) is 5.27. The van der Waals surface area contributed by atoms with Crippen LogP contribution in [0.25, 0.3) is 11.0 Å². The van der Waals surface area contributed by atoms with Gasteiger partial charge in [-0.15, -0.1) is 11.6 Å². The van der Waals surface area contributed by atoms with E-state index in [4.69, 9.17) is 16.3 Å². The molecule has 1 aromatic heterocycles. The second-order valence-electron chi connectivity index (χ2n) is 6.46. The molecule has 0 radical (unpaired) electrons. The monoisotopic (exact) mass is 384 g/mol. The third-order valence-electron chi connectivity index (χ3n) is 4.68. The van der Waals surface area contributed by atoms with Crippen molar-refractivity contribution in [1.29, 1.82) is 0 Å². The zero-order valence-corrected chi connectivity index (χ0v) is 15.7. The molecule has 3 aromatic rings. The van der Waals surface area contributed by atoms with Gasteiger partial charge in [0.05, 0.1) is 30.8 Å². The number of benzene rings is 2. The molecule has 0 saturated carbocycles. The number of anilines is 2. The highest BCUT2D eigenvalue weighted by Gasteiger charge is 2.14. The summed E-state index contributed by atoms with van der Waals surface area (Å²) >= 11 is 5.64. The zero-order chi connectivity index (χ0) is 18.6. The van der Waals surface area contributed by atoms with Crippen LogP contribution in [0.5, 0.6) is 0 Å². The van der Waals surface area contributed by atoms with Crippen LogP contribution in [-0.4, -0.2) is 47.6 Å². The molecule has 0 unspecified atom stereocenters. The quantitative estimate of drug-likeness (QED) is 0.687. The lowest BCUT2D eigenvalue weighted by molar-refractivity contribution is -0.114. The molecule has 4 rings (SSSR count). The average Bonchev–Trinajstić information content (AvgIpc) is 3.06. The van der Waals surface area contributed by atoms with Crippen LogP contribution in [0.4, 0.5) is 11.6 Å². The third kappa shape index (κ3) is 3.91. The number of amides is 1. The summed E-state index contributed by atoms with van der Waals surface area (Å²) in [6.07, 6.45) is 0. The molecule has 1 N–H and O–H groups in total. The second kappa shape index (κ2) is 7.98. The third-order valence-corrected chi connectivity index (χ3v) is 4.92. The van der Waals surface area contributed by atoms with E-state index in [-0.39, 0.29) is 11.8 Å². The highest BCUT2D eigenvalue weighted by Crippen LogP contribution is 2.23. The molecule has 1 fully saturated rings. The summed E-state index contributed by atoms with van der Waals surface area (Å²) in [6.45, 7) is 3.99. The van der Waals surface area contributed by atoms with Gasteiger partial charge in [-0.25, -0.2) is 4.98 Å². The van der Waals surface area contributed by atoms with E-state index in [1.165, 1.54) is 5.69 Å². The average molecular weight is 385 g/mol.